The van der Waals surface area contributed by atoms with Gasteiger partial charge in [0.1, 0.15) is 6.10 Å². The van der Waals surface area contributed by atoms with Crippen LogP contribution in [0.3, 0.4) is 0 Å². The van der Waals surface area contributed by atoms with E-state index in [1.165, 1.54) is 6.42 Å². The van der Waals surface area contributed by atoms with E-state index in [1.54, 1.807) is 0 Å². The minimum absolute atomic E-state index is 0.139. The molecular weight excluding hydrogens is 344 g/mol. The largest absolute Gasteiger partial charge is 0.375 e. The Morgan fingerprint density at radius 2 is 2.04 bits per heavy atom. The maximum atomic E-state index is 12.1. The summed E-state index contributed by atoms with van der Waals surface area (Å²) in [4.78, 5) is 21.3. The highest BCUT2D eigenvalue weighted by Crippen LogP contribution is 2.21. The van der Waals surface area contributed by atoms with Crippen LogP contribution in [0, 0.1) is 0 Å². The zero-order chi connectivity index (χ0) is 18.9. The lowest BCUT2D eigenvalue weighted by molar-refractivity contribution is -0.130. The van der Waals surface area contributed by atoms with E-state index in [-0.39, 0.29) is 12.2 Å². The van der Waals surface area contributed by atoms with Crippen molar-refractivity contribution in [1.29, 1.82) is 0 Å². The van der Waals surface area contributed by atoms with Crippen LogP contribution < -0.4 is 5.32 Å². The van der Waals surface area contributed by atoms with Crippen molar-refractivity contribution in [3.8, 4) is 0 Å². The van der Waals surface area contributed by atoms with Crippen molar-refractivity contribution in [2.75, 3.05) is 52.5 Å². The molecule has 2 atom stereocenters. The lowest BCUT2D eigenvalue weighted by Crippen LogP contribution is -2.53. The molecule has 1 amide bonds. The van der Waals surface area contributed by atoms with Gasteiger partial charge in [0.2, 0.25) is 5.91 Å². The van der Waals surface area contributed by atoms with Crippen LogP contribution in [0.4, 0.5) is 0 Å². The second-order valence-electron chi connectivity index (χ2n) is 7.69. The van der Waals surface area contributed by atoms with Crippen LogP contribution in [-0.4, -0.2) is 86.4 Å². The van der Waals surface area contributed by atoms with Crippen molar-refractivity contribution in [2.24, 2.45) is 4.99 Å². The number of guanidine groups is 1. The molecule has 0 aromatic heterocycles. The molecule has 3 aliphatic heterocycles. The van der Waals surface area contributed by atoms with Crippen molar-refractivity contribution < 1.29 is 14.3 Å². The Morgan fingerprint density at radius 3 is 2.85 bits per heavy atom. The first-order chi connectivity index (χ1) is 13.3. The molecule has 154 valence electrons. The average Bonchev–Trinajstić information content (AvgIpc) is 3.15. The molecule has 0 aromatic carbocycles. The Hall–Kier alpha value is -1.34. The van der Waals surface area contributed by atoms with Crippen LogP contribution in [0.25, 0.3) is 0 Å². The van der Waals surface area contributed by atoms with Gasteiger partial charge >= 0.3 is 0 Å². The number of carbonyl (C=O) groups excluding carboxylic acids is 1. The third-order valence-electron chi connectivity index (χ3n) is 5.63. The summed E-state index contributed by atoms with van der Waals surface area (Å²) >= 11 is 0. The number of likely N-dealkylation sites (tertiary alicyclic amines) is 1. The van der Waals surface area contributed by atoms with Gasteiger partial charge in [0.15, 0.2) is 5.96 Å². The van der Waals surface area contributed by atoms with E-state index in [9.17, 15) is 4.79 Å². The first-order valence-corrected chi connectivity index (χ1v) is 10.8. The normalized spacial score (nSPS) is 27.7. The Balaban J connectivity index is 1.48. The zero-order valence-electron chi connectivity index (χ0n) is 16.8. The van der Waals surface area contributed by atoms with Crippen molar-refractivity contribution in [3.05, 3.63) is 0 Å². The Kier molecular flexibility index (Phi) is 8.20. The fourth-order valence-electron chi connectivity index (χ4n) is 4.14. The van der Waals surface area contributed by atoms with Crippen molar-refractivity contribution >= 4 is 11.9 Å². The minimum Gasteiger partial charge on any atom is -0.375 e. The number of nitrogens with one attached hydrogen (secondary N) is 1. The number of aliphatic imine (C=N–C) groups is 1. The highest BCUT2D eigenvalue weighted by atomic mass is 16.5. The van der Waals surface area contributed by atoms with Gasteiger partial charge in [0.05, 0.1) is 12.7 Å². The van der Waals surface area contributed by atoms with Crippen LogP contribution in [0.5, 0.6) is 0 Å². The summed E-state index contributed by atoms with van der Waals surface area (Å²) in [5.41, 5.74) is 0. The molecule has 3 rings (SSSR count). The van der Waals surface area contributed by atoms with Gasteiger partial charge in [-0.1, -0.05) is 6.42 Å². The molecule has 27 heavy (non-hydrogen) atoms. The summed E-state index contributed by atoms with van der Waals surface area (Å²) in [5.74, 6) is 1.28. The second kappa shape index (κ2) is 10.9. The van der Waals surface area contributed by atoms with E-state index in [0.29, 0.717) is 12.3 Å². The smallest absolute Gasteiger partial charge is 0.222 e. The van der Waals surface area contributed by atoms with Crippen LogP contribution in [0.2, 0.25) is 0 Å². The molecule has 0 spiro atoms. The van der Waals surface area contributed by atoms with Crippen LogP contribution >= 0.6 is 0 Å². The molecule has 0 aliphatic carbocycles. The molecule has 3 heterocycles. The number of carbonyl (C=O) groups is 1. The molecular formula is C20H36N4O3. The van der Waals surface area contributed by atoms with Gasteiger partial charge in [-0.15, -0.1) is 0 Å². The second-order valence-corrected chi connectivity index (χ2v) is 7.69. The third-order valence-corrected chi connectivity index (χ3v) is 5.63. The number of ether oxygens (including phenoxy) is 2. The van der Waals surface area contributed by atoms with E-state index in [4.69, 9.17) is 14.5 Å². The fraction of sp³-hybridized carbons (Fsp3) is 0.900. The molecule has 0 bridgehead atoms. The summed E-state index contributed by atoms with van der Waals surface area (Å²) in [6.07, 6.45) is 7.57. The molecule has 1 N–H and O–H groups in total. The molecule has 3 saturated heterocycles. The highest BCUT2D eigenvalue weighted by Gasteiger charge is 2.32. The molecule has 0 radical (unpaired) electrons. The van der Waals surface area contributed by atoms with Crippen molar-refractivity contribution in [1.82, 2.24) is 15.1 Å². The Morgan fingerprint density at radius 1 is 1.15 bits per heavy atom. The van der Waals surface area contributed by atoms with Gasteiger partial charge < -0.3 is 24.6 Å². The van der Waals surface area contributed by atoms with Gasteiger partial charge in [-0.2, -0.15) is 0 Å². The lowest BCUT2D eigenvalue weighted by atomic mass is 10.1. The molecule has 3 aliphatic rings. The minimum atomic E-state index is 0.139. The van der Waals surface area contributed by atoms with E-state index in [1.807, 2.05) is 4.90 Å². The third kappa shape index (κ3) is 6.07. The first kappa shape index (κ1) is 20.4. The standard InChI is InChI=1S/C20H36N4O3/c1-2-21-20(22-10-7-12-23-11-5-3-4-9-19(23)25)24-13-15-27-18(16-24)17-8-6-14-26-17/h17-18H,2-16H2,1H3,(H,21,22). The van der Waals surface area contributed by atoms with Crippen LogP contribution in [0.15, 0.2) is 4.99 Å². The molecule has 3 fully saturated rings. The van der Waals surface area contributed by atoms with Crippen molar-refractivity contribution in [3.63, 3.8) is 0 Å². The number of hydrogen-bond acceptors (Lipinski definition) is 4. The number of nitrogens with zero attached hydrogens (tertiary/aromatic N) is 3. The summed E-state index contributed by atoms with van der Waals surface area (Å²) in [7, 11) is 0. The molecule has 0 saturated carbocycles. The van der Waals surface area contributed by atoms with Crippen LogP contribution in [-0.2, 0) is 14.3 Å². The maximum Gasteiger partial charge on any atom is 0.222 e. The molecule has 0 aromatic rings. The molecule has 7 heteroatoms. The molecule has 7 nitrogen and oxygen atoms in total. The van der Waals surface area contributed by atoms with Gasteiger partial charge in [-0.25, -0.2) is 0 Å². The zero-order valence-corrected chi connectivity index (χ0v) is 16.8. The van der Waals surface area contributed by atoms with Gasteiger partial charge in [-0.3, -0.25) is 9.79 Å². The Labute approximate surface area is 163 Å². The van der Waals surface area contributed by atoms with Crippen LogP contribution in [0.1, 0.15) is 51.9 Å². The van der Waals surface area contributed by atoms with E-state index >= 15 is 0 Å². The van der Waals surface area contributed by atoms with E-state index in [2.05, 4.69) is 17.1 Å². The van der Waals surface area contributed by atoms with Gasteiger partial charge in [0.25, 0.3) is 0 Å². The Bertz CT molecular complexity index is 494. The highest BCUT2D eigenvalue weighted by molar-refractivity contribution is 5.80. The van der Waals surface area contributed by atoms with E-state index in [0.717, 1.165) is 90.5 Å². The SMILES string of the molecule is CCNC(=NCCCN1CCCCCC1=O)N1CCOC(C2CCCO2)C1. The summed E-state index contributed by atoms with van der Waals surface area (Å²) in [5, 5.41) is 3.42. The quantitative estimate of drug-likeness (QED) is 0.431. The average molecular weight is 381 g/mol. The maximum absolute atomic E-state index is 12.1. The topological polar surface area (TPSA) is 66.4 Å². The first-order valence-electron chi connectivity index (χ1n) is 10.8. The number of amides is 1. The summed E-state index contributed by atoms with van der Waals surface area (Å²) < 4.78 is 11.8. The number of hydrogen-bond donors (Lipinski definition) is 1. The number of morpholine rings is 1. The summed E-state index contributed by atoms with van der Waals surface area (Å²) in [6.45, 7) is 8.70. The molecule has 2 unspecified atom stereocenters. The fourth-order valence-corrected chi connectivity index (χ4v) is 4.14. The van der Waals surface area contributed by atoms with Crippen molar-refractivity contribution in [2.45, 2.75) is 64.1 Å². The van der Waals surface area contributed by atoms with E-state index < -0.39 is 0 Å². The monoisotopic (exact) mass is 380 g/mol. The summed E-state index contributed by atoms with van der Waals surface area (Å²) in [6, 6.07) is 0. The number of rotatable bonds is 6. The predicted octanol–water partition coefficient (Wildman–Crippen LogP) is 1.62. The van der Waals surface area contributed by atoms with Gasteiger partial charge in [-0.05, 0) is 39.0 Å². The predicted molar refractivity (Wildman–Crippen MR) is 106 cm³/mol. The van der Waals surface area contributed by atoms with Gasteiger partial charge in [0, 0.05) is 52.3 Å². The lowest BCUT2D eigenvalue weighted by Gasteiger charge is -2.37.